The van der Waals surface area contributed by atoms with Gasteiger partial charge < -0.3 is 19.3 Å². The van der Waals surface area contributed by atoms with Crippen molar-refractivity contribution >= 4 is 11.8 Å². The first kappa shape index (κ1) is 18.4. The van der Waals surface area contributed by atoms with Crippen LogP contribution < -0.4 is 9.64 Å². The molecule has 1 amide bonds. The molecule has 1 aliphatic heterocycles. The summed E-state index contributed by atoms with van der Waals surface area (Å²) in [6.45, 7) is 12.1. The number of anilines is 1. The number of methoxy groups -OCH3 is 1. The summed E-state index contributed by atoms with van der Waals surface area (Å²) in [6.07, 6.45) is 0.722. The number of amides is 1. The number of benzene rings is 1. The SMILES string of the molecule is CCc1ccc(N2CCN(C(=O)OC(C)(C)C)[C@H](C)C2)cc1OC. The van der Waals surface area contributed by atoms with Crippen LogP contribution in [0.3, 0.4) is 0 Å². The molecule has 0 radical (unpaired) electrons. The number of hydrogen-bond donors (Lipinski definition) is 0. The fourth-order valence-electron chi connectivity index (χ4n) is 3.01. The Bertz CT molecular complexity index is 580. The predicted octanol–water partition coefficient (Wildman–Crippen LogP) is 3.70. The highest BCUT2D eigenvalue weighted by atomic mass is 16.6. The molecule has 1 aliphatic rings. The van der Waals surface area contributed by atoms with Crippen LogP contribution in [-0.4, -0.2) is 49.4 Å². The highest BCUT2D eigenvalue weighted by molar-refractivity contribution is 5.69. The summed E-state index contributed by atoms with van der Waals surface area (Å²) in [6, 6.07) is 6.45. The van der Waals surface area contributed by atoms with Gasteiger partial charge in [0, 0.05) is 37.4 Å². The van der Waals surface area contributed by atoms with Crippen molar-refractivity contribution in [1.29, 1.82) is 0 Å². The van der Waals surface area contributed by atoms with Crippen molar-refractivity contribution in [2.24, 2.45) is 0 Å². The molecular weight excluding hydrogens is 304 g/mol. The first-order valence-electron chi connectivity index (χ1n) is 8.66. The molecule has 0 saturated carbocycles. The second kappa shape index (κ2) is 7.32. The third-order valence-corrected chi connectivity index (χ3v) is 4.27. The van der Waals surface area contributed by atoms with E-state index in [2.05, 4.69) is 36.9 Å². The number of carbonyl (C=O) groups is 1. The van der Waals surface area contributed by atoms with E-state index in [0.29, 0.717) is 6.54 Å². The van der Waals surface area contributed by atoms with Gasteiger partial charge in [-0.1, -0.05) is 13.0 Å². The minimum atomic E-state index is -0.461. The fraction of sp³-hybridized carbons (Fsp3) is 0.632. The van der Waals surface area contributed by atoms with E-state index in [1.54, 1.807) is 7.11 Å². The standard InChI is InChI=1S/C19H30N2O3/c1-7-15-8-9-16(12-17(15)23-6)20-10-11-21(14(2)13-20)18(22)24-19(3,4)5/h8-9,12,14H,7,10-11,13H2,1-6H3/t14-/m1/s1. The minimum Gasteiger partial charge on any atom is -0.496 e. The van der Waals surface area contributed by atoms with Crippen molar-refractivity contribution in [2.45, 2.75) is 52.7 Å². The summed E-state index contributed by atoms with van der Waals surface area (Å²) in [7, 11) is 1.71. The molecule has 5 nitrogen and oxygen atoms in total. The van der Waals surface area contributed by atoms with E-state index in [1.807, 2.05) is 25.7 Å². The lowest BCUT2D eigenvalue weighted by atomic mass is 10.1. The first-order valence-corrected chi connectivity index (χ1v) is 8.66. The molecule has 0 unspecified atom stereocenters. The van der Waals surface area contributed by atoms with Crippen molar-refractivity contribution in [2.75, 3.05) is 31.6 Å². The van der Waals surface area contributed by atoms with E-state index >= 15 is 0 Å². The molecule has 1 aromatic rings. The van der Waals surface area contributed by atoms with Gasteiger partial charge in [0.2, 0.25) is 0 Å². The van der Waals surface area contributed by atoms with Crippen LogP contribution in [0.2, 0.25) is 0 Å². The summed E-state index contributed by atoms with van der Waals surface area (Å²) in [5.74, 6) is 0.928. The molecule has 1 aromatic carbocycles. The summed E-state index contributed by atoms with van der Waals surface area (Å²) in [4.78, 5) is 16.4. The maximum Gasteiger partial charge on any atom is 0.410 e. The third-order valence-electron chi connectivity index (χ3n) is 4.27. The van der Waals surface area contributed by atoms with Gasteiger partial charge in [-0.2, -0.15) is 0 Å². The molecule has 2 rings (SSSR count). The van der Waals surface area contributed by atoms with Gasteiger partial charge >= 0.3 is 6.09 Å². The van der Waals surface area contributed by atoms with Gasteiger partial charge in [0.15, 0.2) is 0 Å². The number of rotatable bonds is 3. The van der Waals surface area contributed by atoms with Gasteiger partial charge in [0.25, 0.3) is 0 Å². The zero-order chi connectivity index (χ0) is 17.9. The Morgan fingerprint density at radius 2 is 2.00 bits per heavy atom. The lowest BCUT2D eigenvalue weighted by Crippen LogP contribution is -2.55. The molecule has 1 saturated heterocycles. The predicted molar refractivity (Wildman–Crippen MR) is 97.0 cm³/mol. The molecule has 0 N–H and O–H groups in total. The second-order valence-electron chi connectivity index (χ2n) is 7.32. The van der Waals surface area contributed by atoms with Gasteiger partial charge in [-0.25, -0.2) is 4.79 Å². The lowest BCUT2D eigenvalue weighted by Gasteiger charge is -2.41. The van der Waals surface area contributed by atoms with Gasteiger partial charge in [0.05, 0.1) is 7.11 Å². The smallest absolute Gasteiger partial charge is 0.410 e. The van der Waals surface area contributed by atoms with Crippen LogP contribution in [0.25, 0.3) is 0 Å². The molecule has 134 valence electrons. The van der Waals surface area contributed by atoms with Crippen molar-refractivity contribution in [3.8, 4) is 5.75 Å². The van der Waals surface area contributed by atoms with E-state index in [1.165, 1.54) is 5.56 Å². The molecule has 0 aliphatic carbocycles. The number of carbonyl (C=O) groups excluding carboxylic acids is 1. The molecule has 5 heteroatoms. The van der Waals surface area contributed by atoms with Crippen molar-refractivity contribution in [3.05, 3.63) is 23.8 Å². The first-order chi connectivity index (χ1) is 11.2. The maximum atomic E-state index is 12.3. The third kappa shape index (κ3) is 4.34. The van der Waals surface area contributed by atoms with Crippen LogP contribution in [0.4, 0.5) is 10.5 Å². The van der Waals surface area contributed by atoms with E-state index < -0.39 is 5.60 Å². The number of nitrogens with zero attached hydrogens (tertiary/aromatic N) is 2. The topological polar surface area (TPSA) is 42.0 Å². The maximum absolute atomic E-state index is 12.3. The molecular formula is C19H30N2O3. The van der Waals surface area contributed by atoms with Crippen LogP contribution in [-0.2, 0) is 11.2 Å². The number of aryl methyl sites for hydroxylation is 1. The Morgan fingerprint density at radius 3 is 2.54 bits per heavy atom. The Kier molecular flexibility index (Phi) is 5.62. The average Bonchev–Trinajstić information content (AvgIpc) is 2.52. The van der Waals surface area contributed by atoms with Crippen LogP contribution in [0.1, 0.15) is 40.2 Å². The van der Waals surface area contributed by atoms with Crippen LogP contribution in [0.5, 0.6) is 5.75 Å². The molecule has 0 aromatic heterocycles. The highest BCUT2D eigenvalue weighted by Gasteiger charge is 2.31. The normalized spacial score (nSPS) is 18.5. The second-order valence-corrected chi connectivity index (χ2v) is 7.32. The van der Waals surface area contributed by atoms with Crippen LogP contribution in [0.15, 0.2) is 18.2 Å². The summed E-state index contributed by atoms with van der Waals surface area (Å²) < 4.78 is 11.0. The Labute approximate surface area is 145 Å². The quantitative estimate of drug-likeness (QED) is 0.845. The lowest BCUT2D eigenvalue weighted by molar-refractivity contribution is 0.0159. The molecule has 0 spiro atoms. The number of hydrogen-bond acceptors (Lipinski definition) is 4. The monoisotopic (exact) mass is 334 g/mol. The van der Waals surface area contributed by atoms with E-state index in [4.69, 9.17) is 9.47 Å². The van der Waals surface area contributed by atoms with E-state index in [-0.39, 0.29) is 12.1 Å². The zero-order valence-corrected chi connectivity index (χ0v) is 15.8. The fourth-order valence-corrected chi connectivity index (χ4v) is 3.01. The van der Waals surface area contributed by atoms with Gasteiger partial charge in [-0.3, -0.25) is 0 Å². The van der Waals surface area contributed by atoms with Crippen molar-refractivity contribution < 1.29 is 14.3 Å². The largest absolute Gasteiger partial charge is 0.496 e. The number of piperazine rings is 1. The number of ether oxygens (including phenoxy) is 2. The van der Waals surface area contributed by atoms with E-state index in [9.17, 15) is 4.79 Å². The molecule has 1 heterocycles. The summed E-state index contributed by atoms with van der Waals surface area (Å²) >= 11 is 0. The molecule has 1 atom stereocenters. The average molecular weight is 334 g/mol. The Balaban J connectivity index is 2.06. The van der Waals surface area contributed by atoms with Gasteiger partial charge in [-0.05, 0) is 45.7 Å². The Hall–Kier alpha value is -1.91. The van der Waals surface area contributed by atoms with Gasteiger partial charge in [0.1, 0.15) is 11.4 Å². The molecule has 0 bridgehead atoms. The zero-order valence-electron chi connectivity index (χ0n) is 15.8. The highest BCUT2D eigenvalue weighted by Crippen LogP contribution is 2.28. The minimum absolute atomic E-state index is 0.102. The van der Waals surface area contributed by atoms with Crippen molar-refractivity contribution in [3.63, 3.8) is 0 Å². The summed E-state index contributed by atoms with van der Waals surface area (Å²) in [5, 5.41) is 0. The Morgan fingerprint density at radius 1 is 1.29 bits per heavy atom. The summed E-state index contributed by atoms with van der Waals surface area (Å²) in [5.41, 5.74) is 1.89. The molecule has 1 fully saturated rings. The van der Waals surface area contributed by atoms with Crippen LogP contribution in [0, 0.1) is 0 Å². The molecule has 24 heavy (non-hydrogen) atoms. The van der Waals surface area contributed by atoms with Gasteiger partial charge in [-0.15, -0.1) is 0 Å². The van der Waals surface area contributed by atoms with E-state index in [0.717, 1.165) is 30.9 Å². The van der Waals surface area contributed by atoms with Crippen molar-refractivity contribution in [1.82, 2.24) is 4.90 Å². The van der Waals surface area contributed by atoms with Crippen LogP contribution >= 0.6 is 0 Å².